The van der Waals surface area contributed by atoms with Crippen LogP contribution >= 0.6 is 0 Å². The molecule has 1 aromatic heterocycles. The van der Waals surface area contributed by atoms with E-state index in [9.17, 15) is 4.79 Å². The van der Waals surface area contributed by atoms with Crippen molar-refractivity contribution in [3.8, 4) is 0 Å². The first-order valence-electron chi connectivity index (χ1n) is 4.56. The van der Waals surface area contributed by atoms with E-state index in [1.54, 1.807) is 22.9 Å². The third kappa shape index (κ3) is 1.35. The molecule has 14 heavy (non-hydrogen) atoms. The zero-order chi connectivity index (χ0) is 9.97. The number of benzene rings is 1. The monoisotopic (exact) mass is 185 g/mol. The molecule has 0 atom stereocenters. The van der Waals surface area contributed by atoms with Crippen LogP contribution < -0.4 is 0 Å². The van der Waals surface area contributed by atoms with Crippen LogP contribution in [0.5, 0.6) is 0 Å². The number of rotatable bonds is 1. The molecule has 0 unspecified atom stereocenters. The van der Waals surface area contributed by atoms with Crippen molar-refractivity contribution in [2.24, 2.45) is 0 Å². The van der Waals surface area contributed by atoms with Crippen LogP contribution in [0.2, 0.25) is 0 Å². The predicted molar refractivity (Wildman–Crippen MR) is 57.4 cm³/mol. The number of carbonyl (C=O) groups is 1. The second kappa shape index (κ2) is 3.50. The van der Waals surface area contributed by atoms with E-state index in [4.69, 9.17) is 0 Å². The molecule has 0 radical (unpaired) electrons. The molecule has 0 aliphatic carbocycles. The number of carbonyl (C=O) groups excluding carboxylic acids is 1. The molecule has 0 aliphatic heterocycles. The van der Waals surface area contributed by atoms with E-state index in [1.807, 2.05) is 37.3 Å². The lowest BCUT2D eigenvalue weighted by molar-refractivity contribution is 0.0974. The third-order valence-electron chi connectivity index (χ3n) is 2.15. The maximum absolute atomic E-state index is 11.6. The summed E-state index contributed by atoms with van der Waals surface area (Å²) >= 11 is 0. The zero-order valence-electron chi connectivity index (χ0n) is 7.97. The van der Waals surface area contributed by atoms with E-state index in [0.717, 1.165) is 10.9 Å². The van der Waals surface area contributed by atoms with Crippen molar-refractivity contribution in [1.29, 1.82) is 0 Å². The summed E-state index contributed by atoms with van der Waals surface area (Å²) in [6.45, 7) is 1.84. The molecule has 0 fully saturated rings. The van der Waals surface area contributed by atoms with Crippen LogP contribution in [0, 0.1) is 0 Å². The van der Waals surface area contributed by atoms with Crippen molar-refractivity contribution < 1.29 is 4.79 Å². The molecule has 0 amide bonds. The molecule has 70 valence electrons. The highest BCUT2D eigenvalue weighted by atomic mass is 16.1. The summed E-state index contributed by atoms with van der Waals surface area (Å²) in [5.41, 5.74) is 0.954. The lowest BCUT2D eigenvalue weighted by Crippen LogP contribution is -2.04. The second-order valence-corrected chi connectivity index (χ2v) is 3.08. The molecule has 2 aromatic rings. The van der Waals surface area contributed by atoms with Gasteiger partial charge in [-0.25, -0.2) is 0 Å². The molecule has 2 heteroatoms. The van der Waals surface area contributed by atoms with Crippen LogP contribution in [0.3, 0.4) is 0 Å². The summed E-state index contributed by atoms with van der Waals surface area (Å²) in [4.78, 5) is 11.6. The summed E-state index contributed by atoms with van der Waals surface area (Å²) in [5.74, 6) is -0.00583. The van der Waals surface area contributed by atoms with Gasteiger partial charge < -0.3 is 0 Å². The number of nitrogens with zero attached hydrogens (tertiary/aromatic N) is 1. The molecule has 2 nitrogen and oxygen atoms in total. The summed E-state index contributed by atoms with van der Waals surface area (Å²) in [6, 6.07) is 9.77. The summed E-state index contributed by atoms with van der Waals surface area (Å²) in [6.07, 6.45) is 5.11. The number of aromatic nitrogens is 1. The van der Waals surface area contributed by atoms with Crippen LogP contribution in [0.1, 0.15) is 11.7 Å². The Bertz CT molecular complexity index is 494. The van der Waals surface area contributed by atoms with E-state index in [-0.39, 0.29) is 5.91 Å². The Hall–Kier alpha value is -1.83. The highest BCUT2D eigenvalue weighted by molar-refractivity contribution is 5.98. The van der Waals surface area contributed by atoms with E-state index >= 15 is 0 Å². The van der Waals surface area contributed by atoms with Gasteiger partial charge in [-0.3, -0.25) is 9.36 Å². The molecular weight excluding hydrogens is 174 g/mol. The Morgan fingerprint density at radius 3 is 2.86 bits per heavy atom. The summed E-state index contributed by atoms with van der Waals surface area (Å²) in [5, 5.41) is 1.09. The first-order chi connectivity index (χ1) is 6.83. The van der Waals surface area contributed by atoms with Crippen molar-refractivity contribution in [3.05, 3.63) is 48.7 Å². The molecule has 0 N–H and O–H groups in total. The summed E-state index contributed by atoms with van der Waals surface area (Å²) < 4.78 is 1.65. The lowest BCUT2D eigenvalue weighted by Gasteiger charge is -1.98. The number of hydrogen-bond acceptors (Lipinski definition) is 1. The van der Waals surface area contributed by atoms with E-state index < -0.39 is 0 Å². The van der Waals surface area contributed by atoms with Gasteiger partial charge in [0.1, 0.15) is 0 Å². The maximum atomic E-state index is 11.6. The largest absolute Gasteiger partial charge is 0.284 e. The van der Waals surface area contributed by atoms with Gasteiger partial charge in [-0.2, -0.15) is 0 Å². The van der Waals surface area contributed by atoms with E-state index in [2.05, 4.69) is 0 Å². The smallest absolute Gasteiger partial charge is 0.254 e. The van der Waals surface area contributed by atoms with Gasteiger partial charge in [0.15, 0.2) is 0 Å². The standard InChI is InChI=1S/C12H11NO/c1-2-5-12(14)13-9-8-10-6-3-4-7-11(10)13/h2-9H,1H3/b5-2-. The van der Waals surface area contributed by atoms with E-state index in [1.165, 1.54) is 0 Å². The molecule has 0 bridgehead atoms. The van der Waals surface area contributed by atoms with Crippen molar-refractivity contribution in [2.45, 2.75) is 6.92 Å². The average molecular weight is 185 g/mol. The van der Waals surface area contributed by atoms with Gasteiger partial charge in [-0.15, -0.1) is 0 Å². The average Bonchev–Trinajstić information content (AvgIpc) is 2.61. The molecule has 0 saturated carbocycles. The highest BCUT2D eigenvalue weighted by Gasteiger charge is 2.03. The minimum atomic E-state index is -0.00583. The van der Waals surface area contributed by atoms with Crippen molar-refractivity contribution in [2.75, 3.05) is 0 Å². The fourth-order valence-corrected chi connectivity index (χ4v) is 1.50. The Kier molecular flexibility index (Phi) is 2.19. The van der Waals surface area contributed by atoms with Gasteiger partial charge >= 0.3 is 0 Å². The lowest BCUT2D eigenvalue weighted by atomic mass is 10.2. The first kappa shape index (κ1) is 8.75. The molecule has 0 aliphatic rings. The molecule has 1 heterocycles. The fourth-order valence-electron chi connectivity index (χ4n) is 1.50. The maximum Gasteiger partial charge on any atom is 0.254 e. The van der Waals surface area contributed by atoms with Crippen LogP contribution in [-0.2, 0) is 0 Å². The molecule has 2 rings (SSSR count). The van der Waals surface area contributed by atoms with Gasteiger partial charge in [0.25, 0.3) is 5.91 Å². The first-order valence-corrected chi connectivity index (χ1v) is 4.56. The highest BCUT2D eigenvalue weighted by Crippen LogP contribution is 2.14. The van der Waals surface area contributed by atoms with Crippen LogP contribution in [-0.4, -0.2) is 10.5 Å². The van der Waals surface area contributed by atoms with Gasteiger partial charge in [0.2, 0.25) is 0 Å². The number of fused-ring (bicyclic) bond motifs is 1. The van der Waals surface area contributed by atoms with Crippen LogP contribution in [0.4, 0.5) is 0 Å². The van der Waals surface area contributed by atoms with Crippen molar-refractivity contribution >= 4 is 16.8 Å². The minimum absolute atomic E-state index is 0.00583. The quantitative estimate of drug-likeness (QED) is 0.626. The zero-order valence-corrected chi connectivity index (χ0v) is 7.97. The number of para-hydroxylation sites is 1. The normalized spacial score (nSPS) is 11.2. The number of hydrogen-bond donors (Lipinski definition) is 0. The van der Waals surface area contributed by atoms with Gasteiger partial charge in [0, 0.05) is 11.6 Å². The summed E-state index contributed by atoms with van der Waals surface area (Å²) in [7, 11) is 0. The molecular formula is C12H11NO. The Morgan fingerprint density at radius 2 is 2.07 bits per heavy atom. The molecule has 0 spiro atoms. The van der Waals surface area contributed by atoms with Gasteiger partial charge in [-0.1, -0.05) is 24.3 Å². The van der Waals surface area contributed by atoms with Gasteiger partial charge in [-0.05, 0) is 25.1 Å². The molecule has 0 saturated heterocycles. The topological polar surface area (TPSA) is 22.0 Å². The van der Waals surface area contributed by atoms with Crippen molar-refractivity contribution in [1.82, 2.24) is 4.57 Å². The van der Waals surface area contributed by atoms with Gasteiger partial charge in [0.05, 0.1) is 5.52 Å². The van der Waals surface area contributed by atoms with Crippen molar-refractivity contribution in [3.63, 3.8) is 0 Å². The molecule has 1 aromatic carbocycles. The minimum Gasteiger partial charge on any atom is -0.284 e. The SMILES string of the molecule is C/C=C\C(=O)n1ccc2ccccc21. The fraction of sp³-hybridized carbons (Fsp3) is 0.0833. The van der Waals surface area contributed by atoms with Crippen LogP contribution in [0.25, 0.3) is 10.9 Å². The van der Waals surface area contributed by atoms with E-state index in [0.29, 0.717) is 0 Å². The predicted octanol–water partition coefficient (Wildman–Crippen LogP) is 2.86. The Balaban J connectivity index is 2.58. The Morgan fingerprint density at radius 1 is 1.29 bits per heavy atom. The van der Waals surface area contributed by atoms with Crippen LogP contribution in [0.15, 0.2) is 48.7 Å². The number of allylic oxidation sites excluding steroid dienone is 2. The third-order valence-corrected chi connectivity index (χ3v) is 2.15. The Labute approximate surface area is 82.5 Å². The second-order valence-electron chi connectivity index (χ2n) is 3.08.